The number of aliphatic carboxylic acids is 1. The zero-order valence-corrected chi connectivity index (χ0v) is 10.8. The fraction of sp³-hybridized carbons (Fsp3) is 0.727. The van der Waals surface area contributed by atoms with E-state index in [9.17, 15) is 14.4 Å². The summed E-state index contributed by atoms with van der Waals surface area (Å²) >= 11 is 0. The van der Waals surface area contributed by atoms with Gasteiger partial charge in [-0.1, -0.05) is 0 Å². The van der Waals surface area contributed by atoms with E-state index < -0.39 is 30.0 Å². The number of carboxylic acids is 1. The molecule has 0 aromatic carbocycles. The summed E-state index contributed by atoms with van der Waals surface area (Å²) in [5.41, 5.74) is -0.431. The first-order chi connectivity index (χ1) is 8.91. The van der Waals surface area contributed by atoms with Gasteiger partial charge in [0.05, 0.1) is 18.7 Å². The number of hydrogen-bond donors (Lipinski definition) is 4. The van der Waals surface area contributed by atoms with Crippen LogP contribution in [0.25, 0.3) is 0 Å². The molecular formula is C11H19N3O5. The largest absolute Gasteiger partial charge is 0.480 e. The summed E-state index contributed by atoms with van der Waals surface area (Å²) in [4.78, 5) is 33.0. The average molecular weight is 273 g/mol. The molecule has 8 heteroatoms. The molecule has 0 radical (unpaired) electrons. The van der Waals surface area contributed by atoms with Gasteiger partial charge in [-0.05, 0) is 19.8 Å². The number of carbonyl (C=O) groups is 3. The lowest BCUT2D eigenvalue weighted by Gasteiger charge is -2.34. The minimum absolute atomic E-state index is 0.268. The lowest BCUT2D eigenvalue weighted by molar-refractivity contribution is -0.137. The minimum Gasteiger partial charge on any atom is -0.480 e. The molecule has 4 N–H and O–H groups in total. The summed E-state index contributed by atoms with van der Waals surface area (Å²) in [7, 11) is 0. The van der Waals surface area contributed by atoms with Crippen LogP contribution < -0.4 is 16.0 Å². The summed E-state index contributed by atoms with van der Waals surface area (Å²) < 4.78 is 5.29. The second kappa shape index (κ2) is 6.93. The van der Waals surface area contributed by atoms with E-state index in [4.69, 9.17) is 9.84 Å². The normalized spacial score (nSPS) is 22.4. The van der Waals surface area contributed by atoms with Crippen LogP contribution in [0.5, 0.6) is 0 Å². The molecule has 19 heavy (non-hydrogen) atoms. The van der Waals surface area contributed by atoms with E-state index in [0.717, 1.165) is 12.8 Å². The highest BCUT2D eigenvalue weighted by atomic mass is 16.5. The molecule has 0 spiro atoms. The predicted octanol–water partition coefficient (Wildman–Crippen LogP) is -0.944. The number of urea groups is 1. The van der Waals surface area contributed by atoms with Crippen molar-refractivity contribution in [3.8, 4) is 0 Å². The number of hydrogen-bond acceptors (Lipinski definition) is 4. The van der Waals surface area contributed by atoms with Gasteiger partial charge in [-0.25, -0.2) is 4.79 Å². The Labute approximate surface area is 110 Å². The topological polar surface area (TPSA) is 117 Å². The van der Waals surface area contributed by atoms with Crippen molar-refractivity contribution in [2.45, 2.75) is 25.3 Å². The number of carboxylic acid groups (broad SMARTS) is 1. The van der Waals surface area contributed by atoms with Gasteiger partial charge in [0.25, 0.3) is 0 Å². The van der Waals surface area contributed by atoms with Crippen molar-refractivity contribution in [2.24, 2.45) is 0 Å². The monoisotopic (exact) mass is 273 g/mol. The van der Waals surface area contributed by atoms with E-state index in [-0.39, 0.29) is 6.54 Å². The van der Waals surface area contributed by atoms with Crippen LogP contribution in [0.4, 0.5) is 4.79 Å². The standard InChI is InChI=1S/C11H19N3O5/c1-11(3-2-4-19-7-11)14-10(18)13-5-8(15)12-6-9(16)17/h2-7H2,1H3,(H,12,15)(H,16,17)(H2,13,14,18). The Balaban J connectivity index is 2.23. The molecule has 108 valence electrons. The van der Waals surface area contributed by atoms with E-state index in [2.05, 4.69) is 16.0 Å². The Morgan fingerprint density at radius 3 is 2.58 bits per heavy atom. The molecule has 0 aromatic rings. The van der Waals surface area contributed by atoms with Crippen molar-refractivity contribution < 1.29 is 24.2 Å². The molecule has 0 aromatic heterocycles. The zero-order valence-electron chi connectivity index (χ0n) is 10.8. The molecule has 1 aliphatic heterocycles. The van der Waals surface area contributed by atoms with Crippen LogP contribution in [-0.2, 0) is 14.3 Å². The first kappa shape index (κ1) is 15.2. The molecule has 1 atom stereocenters. The number of ether oxygens (including phenoxy) is 1. The second-order valence-electron chi connectivity index (χ2n) is 4.69. The summed E-state index contributed by atoms with van der Waals surface area (Å²) in [5, 5.41) is 15.6. The molecule has 0 bridgehead atoms. The average Bonchev–Trinajstić information content (AvgIpc) is 2.34. The van der Waals surface area contributed by atoms with Crippen molar-refractivity contribution in [3.05, 3.63) is 0 Å². The summed E-state index contributed by atoms with van der Waals surface area (Å²) in [6.45, 7) is 2.27. The Morgan fingerprint density at radius 1 is 1.26 bits per heavy atom. The highest BCUT2D eigenvalue weighted by Crippen LogP contribution is 2.17. The molecule has 3 amide bonds. The SMILES string of the molecule is CC1(NC(=O)NCC(=O)NCC(=O)O)CCCOC1. The summed E-state index contributed by atoms with van der Waals surface area (Å²) in [6, 6.07) is -0.474. The van der Waals surface area contributed by atoms with Crippen molar-refractivity contribution in [1.82, 2.24) is 16.0 Å². The molecule has 0 saturated carbocycles. The first-order valence-electron chi connectivity index (χ1n) is 6.03. The van der Waals surface area contributed by atoms with Crippen LogP contribution >= 0.6 is 0 Å². The van der Waals surface area contributed by atoms with Crippen LogP contribution in [-0.4, -0.2) is 54.9 Å². The van der Waals surface area contributed by atoms with E-state index in [0.29, 0.717) is 13.2 Å². The van der Waals surface area contributed by atoms with Gasteiger partial charge in [-0.3, -0.25) is 9.59 Å². The third-order valence-corrected chi connectivity index (χ3v) is 2.70. The summed E-state index contributed by atoms with van der Waals surface area (Å²) in [6.07, 6.45) is 1.68. The Morgan fingerprint density at radius 2 is 2.00 bits per heavy atom. The van der Waals surface area contributed by atoms with E-state index in [1.165, 1.54) is 0 Å². The Kier molecular flexibility index (Phi) is 5.56. The minimum atomic E-state index is -1.13. The molecular weight excluding hydrogens is 254 g/mol. The highest BCUT2D eigenvalue weighted by Gasteiger charge is 2.29. The van der Waals surface area contributed by atoms with Gasteiger partial charge < -0.3 is 25.8 Å². The van der Waals surface area contributed by atoms with Crippen LogP contribution in [0.2, 0.25) is 0 Å². The fourth-order valence-corrected chi connectivity index (χ4v) is 1.75. The number of nitrogens with one attached hydrogen (secondary N) is 3. The lowest BCUT2D eigenvalue weighted by Crippen LogP contribution is -2.55. The van der Waals surface area contributed by atoms with Gasteiger partial charge in [0.2, 0.25) is 5.91 Å². The zero-order chi connectivity index (χ0) is 14.3. The van der Waals surface area contributed by atoms with Crippen molar-refractivity contribution in [3.63, 3.8) is 0 Å². The molecule has 1 unspecified atom stereocenters. The molecule has 1 heterocycles. The first-order valence-corrected chi connectivity index (χ1v) is 6.03. The van der Waals surface area contributed by atoms with Gasteiger partial charge in [0, 0.05) is 6.61 Å². The summed E-state index contributed by atoms with van der Waals surface area (Å²) in [5.74, 6) is -1.69. The van der Waals surface area contributed by atoms with Crippen LogP contribution in [0.1, 0.15) is 19.8 Å². The maximum absolute atomic E-state index is 11.6. The van der Waals surface area contributed by atoms with E-state index in [1.807, 2.05) is 6.92 Å². The van der Waals surface area contributed by atoms with Crippen LogP contribution in [0.3, 0.4) is 0 Å². The second-order valence-corrected chi connectivity index (χ2v) is 4.69. The molecule has 8 nitrogen and oxygen atoms in total. The van der Waals surface area contributed by atoms with Gasteiger partial charge in [0.1, 0.15) is 6.54 Å². The molecule has 0 aliphatic carbocycles. The highest BCUT2D eigenvalue weighted by molar-refractivity contribution is 5.86. The third-order valence-electron chi connectivity index (χ3n) is 2.70. The number of amides is 3. The van der Waals surface area contributed by atoms with E-state index >= 15 is 0 Å². The quantitative estimate of drug-likeness (QED) is 0.515. The van der Waals surface area contributed by atoms with Gasteiger partial charge >= 0.3 is 12.0 Å². The lowest BCUT2D eigenvalue weighted by atomic mass is 9.95. The Bertz CT molecular complexity index is 352. The van der Waals surface area contributed by atoms with Crippen molar-refractivity contribution >= 4 is 17.9 Å². The molecule has 1 saturated heterocycles. The molecule has 1 fully saturated rings. The van der Waals surface area contributed by atoms with Gasteiger partial charge in [-0.2, -0.15) is 0 Å². The van der Waals surface area contributed by atoms with Crippen LogP contribution in [0, 0.1) is 0 Å². The van der Waals surface area contributed by atoms with E-state index in [1.54, 1.807) is 0 Å². The Hall–Kier alpha value is -1.83. The number of rotatable bonds is 5. The fourth-order valence-electron chi connectivity index (χ4n) is 1.75. The van der Waals surface area contributed by atoms with Crippen molar-refractivity contribution in [1.29, 1.82) is 0 Å². The predicted molar refractivity (Wildman–Crippen MR) is 65.6 cm³/mol. The third kappa shape index (κ3) is 6.05. The molecule has 1 aliphatic rings. The molecule has 1 rings (SSSR count). The maximum Gasteiger partial charge on any atom is 0.322 e. The number of carbonyl (C=O) groups excluding carboxylic acids is 2. The van der Waals surface area contributed by atoms with Gasteiger partial charge in [0.15, 0.2) is 0 Å². The van der Waals surface area contributed by atoms with Crippen LogP contribution in [0.15, 0.2) is 0 Å². The maximum atomic E-state index is 11.6. The van der Waals surface area contributed by atoms with Crippen molar-refractivity contribution in [2.75, 3.05) is 26.3 Å². The van der Waals surface area contributed by atoms with Gasteiger partial charge in [-0.15, -0.1) is 0 Å². The smallest absolute Gasteiger partial charge is 0.322 e.